The van der Waals surface area contributed by atoms with Crippen LogP contribution in [0.25, 0.3) is 11.0 Å². The molecule has 1 unspecified atom stereocenters. The Morgan fingerprint density at radius 2 is 2.12 bits per heavy atom. The second-order valence-electron chi connectivity index (χ2n) is 6.76. The van der Waals surface area contributed by atoms with E-state index in [9.17, 15) is 4.79 Å². The van der Waals surface area contributed by atoms with Crippen LogP contribution in [0.5, 0.6) is 0 Å². The molecule has 0 aliphatic carbocycles. The van der Waals surface area contributed by atoms with Crippen molar-refractivity contribution in [3.8, 4) is 0 Å². The normalized spacial score (nSPS) is 11.4. The molecular weight excluding hydrogens is 465 g/mol. The Morgan fingerprint density at radius 3 is 2.79 bits per heavy atom. The molecule has 0 aliphatic heterocycles. The Morgan fingerprint density at radius 1 is 1.30 bits per heavy atom. The summed E-state index contributed by atoms with van der Waals surface area (Å²) in [6, 6.07) is 12.9. The van der Waals surface area contributed by atoms with Gasteiger partial charge in [-0.3, -0.25) is 5.32 Å². The zero-order chi connectivity index (χ0) is 23.6. The van der Waals surface area contributed by atoms with Gasteiger partial charge in [-0.1, -0.05) is 47.5 Å². The average molecular weight is 488 g/mol. The summed E-state index contributed by atoms with van der Waals surface area (Å²) in [4.78, 5) is 22.0. The fourth-order valence-electron chi connectivity index (χ4n) is 2.93. The summed E-state index contributed by atoms with van der Waals surface area (Å²) in [7, 11) is 1.30. The Labute approximate surface area is 201 Å². The molecule has 0 radical (unpaired) electrons. The summed E-state index contributed by atoms with van der Waals surface area (Å²) in [6.45, 7) is 4.75. The van der Waals surface area contributed by atoms with Crippen LogP contribution in [0.3, 0.4) is 0 Å². The maximum absolute atomic E-state index is 10.9. The molecule has 8 nitrogen and oxygen atoms in total. The number of fused-ring (bicyclic) bond motifs is 1. The van der Waals surface area contributed by atoms with Gasteiger partial charge in [0.15, 0.2) is 0 Å². The number of hydrogen-bond donors (Lipinski definition) is 2. The molecule has 172 valence electrons. The maximum atomic E-state index is 10.9. The van der Waals surface area contributed by atoms with E-state index < -0.39 is 6.09 Å². The third kappa shape index (κ3) is 7.08. The molecule has 10 heteroatoms. The number of rotatable bonds is 7. The van der Waals surface area contributed by atoms with Crippen molar-refractivity contribution >= 4 is 46.3 Å². The van der Waals surface area contributed by atoms with Gasteiger partial charge in [0.2, 0.25) is 5.95 Å². The Kier molecular flexibility index (Phi) is 8.88. The van der Waals surface area contributed by atoms with Crippen molar-refractivity contribution < 1.29 is 14.3 Å². The van der Waals surface area contributed by atoms with E-state index in [2.05, 4.69) is 31.6 Å². The van der Waals surface area contributed by atoms with E-state index >= 15 is 0 Å². The fourth-order valence-corrected chi connectivity index (χ4v) is 3.46. The quantitative estimate of drug-likeness (QED) is 0.317. The van der Waals surface area contributed by atoms with E-state index in [0.29, 0.717) is 29.1 Å². The van der Waals surface area contributed by atoms with Crippen LogP contribution in [0, 0.1) is 0 Å². The minimum atomic E-state index is -0.538. The van der Waals surface area contributed by atoms with E-state index in [1.807, 2.05) is 41.1 Å². The lowest BCUT2D eigenvalue weighted by Gasteiger charge is -2.19. The number of anilines is 1. The smallest absolute Gasteiger partial charge is 0.413 e. The molecule has 0 fully saturated rings. The SMILES string of the molecule is C=CCOC(Cn1ccnc1)c1ccc(Cl)cc1Cl.COC(=O)Nc1nc2ccccc2[nH]1. The summed E-state index contributed by atoms with van der Waals surface area (Å²) in [5.41, 5.74) is 2.58. The summed E-state index contributed by atoms with van der Waals surface area (Å²) < 4.78 is 12.2. The van der Waals surface area contributed by atoms with Crippen LogP contribution in [-0.4, -0.2) is 39.3 Å². The number of imidazole rings is 2. The number of nitrogens with zero attached hydrogens (tertiary/aromatic N) is 3. The van der Waals surface area contributed by atoms with Crippen LogP contribution in [0.15, 0.2) is 73.8 Å². The molecule has 1 amide bonds. The molecule has 1 atom stereocenters. The number of amides is 1. The van der Waals surface area contributed by atoms with Crippen LogP contribution in [0.4, 0.5) is 10.7 Å². The van der Waals surface area contributed by atoms with Crippen molar-refractivity contribution in [3.05, 3.63) is 89.4 Å². The van der Waals surface area contributed by atoms with Gasteiger partial charge >= 0.3 is 6.09 Å². The molecule has 0 spiro atoms. The standard InChI is InChI=1S/C14H14Cl2N2O.C9H9N3O2/c1-2-7-19-14(9-18-6-5-17-10-18)12-4-3-11(15)8-13(12)16;1-14-9(13)12-8-10-6-4-2-3-5-7(6)11-8/h2-6,8,10,14H,1,7,9H2;2-5H,1H3,(H2,10,11,12,13). The van der Waals surface area contributed by atoms with E-state index in [-0.39, 0.29) is 6.10 Å². The highest BCUT2D eigenvalue weighted by Gasteiger charge is 2.16. The van der Waals surface area contributed by atoms with Crippen molar-refractivity contribution in [1.29, 1.82) is 0 Å². The fraction of sp³-hybridized carbons (Fsp3) is 0.174. The van der Waals surface area contributed by atoms with Gasteiger partial charge in [0.1, 0.15) is 6.10 Å². The Balaban J connectivity index is 0.000000194. The number of para-hydroxylation sites is 2. The topological polar surface area (TPSA) is 94.1 Å². The van der Waals surface area contributed by atoms with Gasteiger partial charge in [-0.2, -0.15) is 0 Å². The number of methoxy groups -OCH3 is 1. The van der Waals surface area contributed by atoms with Crippen LogP contribution in [0.1, 0.15) is 11.7 Å². The number of benzene rings is 2. The summed E-state index contributed by atoms with van der Waals surface area (Å²) in [5.74, 6) is 0.387. The lowest BCUT2D eigenvalue weighted by Crippen LogP contribution is -2.12. The van der Waals surface area contributed by atoms with Crippen molar-refractivity contribution in [2.45, 2.75) is 12.6 Å². The minimum absolute atomic E-state index is 0.169. The third-order valence-corrected chi connectivity index (χ3v) is 5.02. The first kappa shape index (κ1) is 24.3. The molecule has 0 saturated heterocycles. The first-order chi connectivity index (χ1) is 16.0. The first-order valence-corrected chi connectivity index (χ1v) is 10.7. The number of carbonyl (C=O) groups is 1. The summed E-state index contributed by atoms with van der Waals surface area (Å²) >= 11 is 12.1. The third-order valence-electron chi connectivity index (χ3n) is 4.46. The molecule has 33 heavy (non-hydrogen) atoms. The number of ether oxygens (including phenoxy) is 2. The number of nitrogens with one attached hydrogen (secondary N) is 2. The molecule has 2 aromatic carbocycles. The van der Waals surface area contributed by atoms with Crippen LogP contribution in [0.2, 0.25) is 10.0 Å². The van der Waals surface area contributed by atoms with Crippen molar-refractivity contribution in [3.63, 3.8) is 0 Å². The number of aromatic amines is 1. The second-order valence-corrected chi connectivity index (χ2v) is 7.60. The predicted octanol–water partition coefficient (Wildman–Crippen LogP) is 5.88. The van der Waals surface area contributed by atoms with E-state index in [0.717, 1.165) is 16.6 Å². The van der Waals surface area contributed by atoms with Gasteiger partial charge in [0, 0.05) is 28.0 Å². The molecule has 2 heterocycles. The van der Waals surface area contributed by atoms with Crippen molar-refractivity contribution in [2.24, 2.45) is 0 Å². The molecule has 0 bridgehead atoms. The monoisotopic (exact) mass is 487 g/mol. The predicted molar refractivity (Wildman–Crippen MR) is 130 cm³/mol. The number of aromatic nitrogens is 4. The Hall–Kier alpha value is -3.33. The van der Waals surface area contributed by atoms with Gasteiger partial charge in [-0.25, -0.2) is 14.8 Å². The van der Waals surface area contributed by atoms with E-state index in [1.165, 1.54) is 7.11 Å². The second kappa shape index (κ2) is 12.1. The molecule has 0 saturated carbocycles. The highest BCUT2D eigenvalue weighted by atomic mass is 35.5. The zero-order valence-corrected chi connectivity index (χ0v) is 19.4. The molecular formula is C23H23Cl2N5O3. The highest BCUT2D eigenvalue weighted by molar-refractivity contribution is 6.35. The zero-order valence-electron chi connectivity index (χ0n) is 17.9. The van der Waals surface area contributed by atoms with E-state index in [4.69, 9.17) is 27.9 Å². The van der Waals surface area contributed by atoms with Gasteiger partial charge < -0.3 is 19.0 Å². The van der Waals surface area contributed by atoms with Crippen molar-refractivity contribution in [1.82, 2.24) is 19.5 Å². The van der Waals surface area contributed by atoms with Crippen LogP contribution in [-0.2, 0) is 16.0 Å². The lowest BCUT2D eigenvalue weighted by atomic mass is 10.1. The van der Waals surface area contributed by atoms with Gasteiger partial charge in [-0.05, 0) is 24.3 Å². The summed E-state index contributed by atoms with van der Waals surface area (Å²) in [5, 5.41) is 3.66. The highest BCUT2D eigenvalue weighted by Crippen LogP contribution is 2.29. The Bertz CT molecular complexity index is 1160. The number of H-pyrrole nitrogens is 1. The summed E-state index contributed by atoms with van der Waals surface area (Å²) in [6.07, 6.45) is 6.36. The van der Waals surface area contributed by atoms with Crippen LogP contribution >= 0.6 is 23.2 Å². The minimum Gasteiger partial charge on any atom is -0.453 e. The average Bonchev–Trinajstić information content (AvgIpc) is 3.46. The molecule has 4 aromatic rings. The number of halogens is 2. The number of carbonyl (C=O) groups excluding carboxylic acids is 1. The van der Waals surface area contributed by atoms with Gasteiger partial charge in [0.25, 0.3) is 0 Å². The van der Waals surface area contributed by atoms with Gasteiger partial charge in [-0.15, -0.1) is 6.58 Å². The van der Waals surface area contributed by atoms with Gasteiger partial charge in [0.05, 0.1) is 37.6 Å². The van der Waals surface area contributed by atoms with Crippen molar-refractivity contribution in [2.75, 3.05) is 19.0 Å². The maximum Gasteiger partial charge on any atom is 0.413 e. The first-order valence-electron chi connectivity index (χ1n) is 9.93. The van der Waals surface area contributed by atoms with E-state index in [1.54, 1.807) is 30.7 Å². The van der Waals surface area contributed by atoms with Crippen LogP contribution < -0.4 is 5.32 Å². The molecule has 2 N–H and O–H groups in total. The molecule has 4 rings (SSSR count). The number of hydrogen-bond acceptors (Lipinski definition) is 5. The molecule has 0 aliphatic rings. The lowest BCUT2D eigenvalue weighted by molar-refractivity contribution is 0.0608. The molecule has 2 aromatic heterocycles. The largest absolute Gasteiger partial charge is 0.453 e.